The maximum atomic E-state index is 12.8. The molecule has 2 amide bonds. The molecule has 0 bridgehead atoms. The van der Waals surface area contributed by atoms with Gasteiger partial charge in [0.1, 0.15) is 29.9 Å². The Labute approximate surface area is 169 Å². The Bertz CT molecular complexity index is 958. The highest BCUT2D eigenvalue weighted by molar-refractivity contribution is 6.06. The van der Waals surface area contributed by atoms with Gasteiger partial charge in [-0.2, -0.15) is 0 Å². The minimum Gasteiger partial charge on any atom is -0.492 e. The second kappa shape index (κ2) is 7.66. The zero-order valence-corrected chi connectivity index (χ0v) is 16.7. The van der Waals surface area contributed by atoms with Crippen molar-refractivity contribution in [3.63, 3.8) is 0 Å². The Morgan fingerprint density at radius 2 is 2.00 bits per heavy atom. The number of para-hydroxylation sites is 2. The van der Waals surface area contributed by atoms with Gasteiger partial charge in [-0.05, 0) is 39.0 Å². The molecule has 0 fully saturated rings. The summed E-state index contributed by atoms with van der Waals surface area (Å²) >= 11 is 0. The first-order valence-electron chi connectivity index (χ1n) is 9.79. The predicted octanol–water partition coefficient (Wildman–Crippen LogP) is 3.16. The van der Waals surface area contributed by atoms with Crippen LogP contribution in [0.15, 0.2) is 36.4 Å². The third kappa shape index (κ3) is 3.72. The molecule has 0 aromatic heterocycles. The van der Waals surface area contributed by atoms with E-state index in [9.17, 15) is 9.59 Å². The summed E-state index contributed by atoms with van der Waals surface area (Å²) in [4.78, 5) is 26.9. The number of rotatable bonds is 5. The second-order valence-electron chi connectivity index (χ2n) is 7.22. The Morgan fingerprint density at radius 1 is 1.21 bits per heavy atom. The van der Waals surface area contributed by atoms with Gasteiger partial charge in [-0.25, -0.2) is 0 Å². The molecule has 2 aliphatic rings. The number of anilines is 2. The van der Waals surface area contributed by atoms with Crippen LogP contribution in [0.4, 0.5) is 11.4 Å². The van der Waals surface area contributed by atoms with E-state index in [-0.39, 0.29) is 24.5 Å². The molecule has 0 aliphatic carbocycles. The second-order valence-corrected chi connectivity index (χ2v) is 7.22. The van der Waals surface area contributed by atoms with E-state index in [1.54, 1.807) is 25.1 Å². The zero-order chi connectivity index (χ0) is 20.5. The summed E-state index contributed by atoms with van der Waals surface area (Å²) in [5.74, 6) is 1.35. The SMILES string of the molecule is CCOc1cc2c(cc1NC(=O)CN1C(=O)[C@@H](C)Oc3ccccc31)O[C@@H](C)C2. The van der Waals surface area contributed by atoms with Crippen LogP contribution in [0.5, 0.6) is 17.2 Å². The number of benzene rings is 2. The smallest absolute Gasteiger partial charge is 0.268 e. The first-order chi connectivity index (χ1) is 14.0. The topological polar surface area (TPSA) is 77.1 Å². The lowest BCUT2D eigenvalue weighted by Crippen LogP contribution is -2.47. The van der Waals surface area contributed by atoms with Crippen molar-refractivity contribution in [3.05, 3.63) is 42.0 Å². The Hall–Kier alpha value is -3.22. The highest BCUT2D eigenvalue weighted by atomic mass is 16.5. The summed E-state index contributed by atoms with van der Waals surface area (Å²) in [6.45, 7) is 5.92. The van der Waals surface area contributed by atoms with Crippen molar-refractivity contribution in [1.29, 1.82) is 0 Å². The number of hydrogen-bond acceptors (Lipinski definition) is 5. The van der Waals surface area contributed by atoms with Crippen LogP contribution in [0.1, 0.15) is 26.3 Å². The maximum absolute atomic E-state index is 12.8. The maximum Gasteiger partial charge on any atom is 0.268 e. The van der Waals surface area contributed by atoms with Gasteiger partial charge in [0.25, 0.3) is 5.91 Å². The fourth-order valence-electron chi connectivity index (χ4n) is 3.67. The van der Waals surface area contributed by atoms with Gasteiger partial charge >= 0.3 is 0 Å². The molecule has 2 aliphatic heterocycles. The third-order valence-corrected chi connectivity index (χ3v) is 4.95. The van der Waals surface area contributed by atoms with Crippen molar-refractivity contribution in [2.45, 2.75) is 39.4 Å². The van der Waals surface area contributed by atoms with Crippen LogP contribution in [0, 0.1) is 0 Å². The van der Waals surface area contributed by atoms with E-state index in [2.05, 4.69) is 5.32 Å². The number of amides is 2. The highest BCUT2D eigenvalue weighted by Gasteiger charge is 2.32. The molecular weight excluding hydrogens is 372 g/mol. The van der Waals surface area contributed by atoms with Crippen molar-refractivity contribution >= 4 is 23.2 Å². The monoisotopic (exact) mass is 396 g/mol. The predicted molar refractivity (Wildman–Crippen MR) is 109 cm³/mol. The molecule has 0 saturated carbocycles. The number of ether oxygens (including phenoxy) is 3. The number of fused-ring (bicyclic) bond motifs is 2. The summed E-state index contributed by atoms with van der Waals surface area (Å²) in [6.07, 6.45) is 0.251. The molecule has 7 nitrogen and oxygen atoms in total. The van der Waals surface area contributed by atoms with E-state index in [0.29, 0.717) is 29.5 Å². The first-order valence-corrected chi connectivity index (χ1v) is 9.79. The van der Waals surface area contributed by atoms with E-state index in [1.165, 1.54) is 4.90 Å². The summed E-state index contributed by atoms with van der Waals surface area (Å²) in [6, 6.07) is 10.9. The molecule has 2 heterocycles. The molecule has 2 aromatic rings. The average Bonchev–Trinajstić information content (AvgIpc) is 3.04. The van der Waals surface area contributed by atoms with Gasteiger partial charge in [0.05, 0.1) is 18.0 Å². The zero-order valence-electron chi connectivity index (χ0n) is 16.7. The average molecular weight is 396 g/mol. The molecule has 0 unspecified atom stereocenters. The normalized spacial score (nSPS) is 19.7. The molecule has 2 atom stereocenters. The molecule has 152 valence electrons. The van der Waals surface area contributed by atoms with E-state index < -0.39 is 6.10 Å². The van der Waals surface area contributed by atoms with Crippen molar-refractivity contribution in [2.24, 2.45) is 0 Å². The molecule has 29 heavy (non-hydrogen) atoms. The molecule has 1 N–H and O–H groups in total. The van der Waals surface area contributed by atoms with E-state index in [0.717, 1.165) is 17.7 Å². The van der Waals surface area contributed by atoms with Gasteiger partial charge in [-0.1, -0.05) is 12.1 Å². The molecule has 7 heteroatoms. The van der Waals surface area contributed by atoms with E-state index in [4.69, 9.17) is 14.2 Å². The van der Waals surface area contributed by atoms with E-state index in [1.807, 2.05) is 32.0 Å². The Balaban J connectivity index is 1.56. The molecule has 0 saturated heterocycles. The molecule has 2 aromatic carbocycles. The number of carbonyl (C=O) groups excluding carboxylic acids is 2. The fraction of sp³-hybridized carbons (Fsp3) is 0.364. The lowest BCUT2D eigenvalue weighted by molar-refractivity contribution is -0.127. The van der Waals surface area contributed by atoms with Crippen molar-refractivity contribution in [3.8, 4) is 17.2 Å². The summed E-state index contributed by atoms with van der Waals surface area (Å²) in [5, 5.41) is 2.87. The lowest BCUT2D eigenvalue weighted by Gasteiger charge is -2.32. The van der Waals surface area contributed by atoms with Crippen LogP contribution in [0.3, 0.4) is 0 Å². The molecule has 0 spiro atoms. The van der Waals surface area contributed by atoms with Gasteiger partial charge < -0.3 is 19.5 Å². The number of hydrogen-bond donors (Lipinski definition) is 1. The van der Waals surface area contributed by atoms with Crippen LogP contribution in [0.2, 0.25) is 0 Å². The summed E-state index contributed by atoms with van der Waals surface area (Å²) < 4.78 is 17.1. The number of nitrogens with zero attached hydrogens (tertiary/aromatic N) is 1. The fourth-order valence-corrected chi connectivity index (χ4v) is 3.67. The van der Waals surface area contributed by atoms with Crippen molar-refractivity contribution in [2.75, 3.05) is 23.4 Å². The quantitative estimate of drug-likeness (QED) is 0.840. The third-order valence-electron chi connectivity index (χ3n) is 4.95. The Kier molecular flexibility index (Phi) is 5.05. The van der Waals surface area contributed by atoms with Crippen LogP contribution < -0.4 is 24.4 Å². The summed E-state index contributed by atoms with van der Waals surface area (Å²) in [7, 11) is 0. The summed E-state index contributed by atoms with van der Waals surface area (Å²) in [5.41, 5.74) is 2.18. The lowest BCUT2D eigenvalue weighted by atomic mass is 10.1. The minimum atomic E-state index is -0.647. The largest absolute Gasteiger partial charge is 0.492 e. The number of nitrogens with one attached hydrogen (secondary N) is 1. The number of carbonyl (C=O) groups is 2. The molecular formula is C22H24N2O5. The molecule has 0 radical (unpaired) electrons. The van der Waals surface area contributed by atoms with Gasteiger partial charge in [0, 0.05) is 18.1 Å². The first kappa shape index (κ1) is 19.1. The standard InChI is InChI=1S/C22H24N2O5/c1-4-27-20-10-15-9-13(2)28-19(15)11-16(20)23-21(25)12-24-17-7-5-6-8-18(17)29-14(3)22(24)26/h5-8,10-11,13-14H,4,9,12H2,1-3H3,(H,23,25)/t13-,14+/m0/s1. The van der Waals surface area contributed by atoms with Crippen molar-refractivity contribution in [1.82, 2.24) is 0 Å². The van der Waals surface area contributed by atoms with E-state index >= 15 is 0 Å². The van der Waals surface area contributed by atoms with Gasteiger partial charge in [-0.3, -0.25) is 14.5 Å². The van der Waals surface area contributed by atoms with Crippen molar-refractivity contribution < 1.29 is 23.8 Å². The Morgan fingerprint density at radius 3 is 2.79 bits per heavy atom. The van der Waals surface area contributed by atoms with Gasteiger partial charge in [0.15, 0.2) is 6.10 Å². The van der Waals surface area contributed by atoms with Gasteiger partial charge in [-0.15, -0.1) is 0 Å². The van der Waals surface area contributed by atoms with Crippen LogP contribution in [-0.4, -0.2) is 37.2 Å². The van der Waals surface area contributed by atoms with Gasteiger partial charge in [0.2, 0.25) is 5.91 Å². The van der Waals surface area contributed by atoms with Crippen LogP contribution >= 0.6 is 0 Å². The van der Waals surface area contributed by atoms with Crippen LogP contribution in [0.25, 0.3) is 0 Å². The minimum absolute atomic E-state index is 0.0920. The molecule has 4 rings (SSSR count). The highest BCUT2D eigenvalue weighted by Crippen LogP contribution is 2.38. The van der Waals surface area contributed by atoms with Crippen LogP contribution in [-0.2, 0) is 16.0 Å².